The number of hydrogen-bond donors (Lipinski definition) is 1. The van der Waals surface area contributed by atoms with E-state index in [1.54, 1.807) is 7.11 Å². The van der Waals surface area contributed by atoms with Crippen LogP contribution in [0.2, 0.25) is 0 Å². The largest absolute Gasteiger partial charge is 0.383 e. The van der Waals surface area contributed by atoms with Crippen molar-refractivity contribution in [3.63, 3.8) is 0 Å². The highest BCUT2D eigenvalue weighted by Crippen LogP contribution is 2.24. The van der Waals surface area contributed by atoms with Crippen LogP contribution in [0.3, 0.4) is 0 Å². The van der Waals surface area contributed by atoms with Crippen LogP contribution in [-0.2, 0) is 9.47 Å². The zero-order chi connectivity index (χ0) is 15.2. The van der Waals surface area contributed by atoms with Gasteiger partial charge in [0.2, 0.25) is 0 Å². The molecule has 0 bridgehead atoms. The second-order valence-corrected chi connectivity index (χ2v) is 6.42. The van der Waals surface area contributed by atoms with Crippen LogP contribution in [0, 0.1) is 5.92 Å². The summed E-state index contributed by atoms with van der Waals surface area (Å²) < 4.78 is 11.1. The van der Waals surface area contributed by atoms with Crippen molar-refractivity contribution < 1.29 is 9.47 Å². The summed E-state index contributed by atoms with van der Waals surface area (Å²) in [7, 11) is 1.76. The monoisotopic (exact) mass is 299 g/mol. The van der Waals surface area contributed by atoms with Crippen LogP contribution in [0.15, 0.2) is 0 Å². The molecule has 1 aliphatic rings. The maximum Gasteiger partial charge on any atom is 0.0615 e. The van der Waals surface area contributed by atoms with Crippen molar-refractivity contribution >= 4 is 0 Å². The number of hydrogen-bond acceptors (Lipinski definition) is 3. The highest BCUT2D eigenvalue weighted by Gasteiger charge is 2.24. The highest BCUT2D eigenvalue weighted by atomic mass is 16.5. The molecule has 21 heavy (non-hydrogen) atoms. The summed E-state index contributed by atoms with van der Waals surface area (Å²) in [6.45, 7) is 6.09. The SMILES string of the molecule is CCCCCCCCCC1OCCCC1CNCCOC. The molecule has 1 N–H and O–H groups in total. The molecule has 3 nitrogen and oxygen atoms in total. The third-order valence-electron chi connectivity index (χ3n) is 4.56. The van der Waals surface area contributed by atoms with Gasteiger partial charge in [-0.05, 0) is 25.2 Å². The Morgan fingerprint density at radius 1 is 1.10 bits per heavy atom. The minimum absolute atomic E-state index is 0.490. The summed E-state index contributed by atoms with van der Waals surface area (Å²) in [6.07, 6.45) is 14.0. The summed E-state index contributed by atoms with van der Waals surface area (Å²) in [5.41, 5.74) is 0. The molecular formula is C18H37NO2. The molecule has 0 aromatic heterocycles. The lowest BCUT2D eigenvalue weighted by Crippen LogP contribution is -2.37. The normalized spacial score (nSPS) is 22.6. The molecule has 3 heteroatoms. The first-order valence-corrected chi connectivity index (χ1v) is 9.19. The van der Waals surface area contributed by atoms with Crippen LogP contribution in [0.25, 0.3) is 0 Å². The average Bonchev–Trinajstić information content (AvgIpc) is 2.52. The number of rotatable bonds is 13. The summed E-state index contributed by atoms with van der Waals surface area (Å²) in [5.74, 6) is 0.704. The average molecular weight is 299 g/mol. The van der Waals surface area contributed by atoms with E-state index in [4.69, 9.17) is 9.47 Å². The number of unbranched alkanes of at least 4 members (excludes halogenated alkanes) is 6. The highest BCUT2D eigenvalue weighted by molar-refractivity contribution is 4.76. The molecule has 0 aliphatic carbocycles. The van der Waals surface area contributed by atoms with Crippen LogP contribution >= 0.6 is 0 Å². The van der Waals surface area contributed by atoms with Gasteiger partial charge in [0.15, 0.2) is 0 Å². The lowest BCUT2D eigenvalue weighted by atomic mass is 9.90. The Kier molecular flexibility index (Phi) is 12.2. The Morgan fingerprint density at radius 2 is 1.86 bits per heavy atom. The first-order valence-electron chi connectivity index (χ1n) is 9.19. The second-order valence-electron chi connectivity index (χ2n) is 6.42. The zero-order valence-corrected chi connectivity index (χ0v) is 14.4. The molecule has 0 saturated carbocycles. The molecule has 0 spiro atoms. The van der Waals surface area contributed by atoms with Gasteiger partial charge in [-0.15, -0.1) is 0 Å². The Morgan fingerprint density at radius 3 is 2.62 bits per heavy atom. The van der Waals surface area contributed by atoms with Crippen molar-refractivity contribution in [2.75, 3.05) is 33.4 Å². The molecule has 1 rings (SSSR count). The molecule has 0 aromatic rings. The van der Waals surface area contributed by atoms with E-state index in [1.165, 1.54) is 64.2 Å². The quantitative estimate of drug-likeness (QED) is 0.518. The lowest BCUT2D eigenvalue weighted by Gasteiger charge is -2.32. The fourth-order valence-electron chi connectivity index (χ4n) is 3.22. The topological polar surface area (TPSA) is 30.5 Å². The van der Waals surface area contributed by atoms with Gasteiger partial charge >= 0.3 is 0 Å². The van der Waals surface area contributed by atoms with E-state index in [0.717, 1.165) is 26.3 Å². The van der Waals surface area contributed by atoms with Gasteiger partial charge in [0.05, 0.1) is 12.7 Å². The summed E-state index contributed by atoms with van der Waals surface area (Å²) in [5, 5.41) is 3.51. The van der Waals surface area contributed by atoms with Gasteiger partial charge in [-0.1, -0.05) is 51.9 Å². The van der Waals surface area contributed by atoms with E-state index >= 15 is 0 Å². The Labute approximate surface area is 132 Å². The first kappa shape index (κ1) is 18.9. The van der Waals surface area contributed by atoms with E-state index in [1.807, 2.05) is 0 Å². The van der Waals surface area contributed by atoms with Gasteiger partial charge in [0.25, 0.3) is 0 Å². The van der Waals surface area contributed by atoms with Crippen molar-refractivity contribution in [1.82, 2.24) is 5.32 Å². The van der Waals surface area contributed by atoms with Crippen LogP contribution < -0.4 is 5.32 Å². The minimum atomic E-state index is 0.490. The van der Waals surface area contributed by atoms with Crippen molar-refractivity contribution in [3.8, 4) is 0 Å². The fraction of sp³-hybridized carbons (Fsp3) is 1.00. The van der Waals surface area contributed by atoms with E-state index < -0.39 is 0 Å². The van der Waals surface area contributed by atoms with Crippen LogP contribution in [-0.4, -0.2) is 39.5 Å². The van der Waals surface area contributed by atoms with Crippen molar-refractivity contribution in [1.29, 1.82) is 0 Å². The van der Waals surface area contributed by atoms with E-state index in [0.29, 0.717) is 12.0 Å². The van der Waals surface area contributed by atoms with Gasteiger partial charge < -0.3 is 14.8 Å². The van der Waals surface area contributed by atoms with Crippen molar-refractivity contribution in [2.45, 2.75) is 77.2 Å². The van der Waals surface area contributed by atoms with Gasteiger partial charge in [-0.2, -0.15) is 0 Å². The lowest BCUT2D eigenvalue weighted by molar-refractivity contribution is -0.0316. The van der Waals surface area contributed by atoms with Gasteiger partial charge in [0.1, 0.15) is 0 Å². The Hall–Kier alpha value is -0.120. The zero-order valence-electron chi connectivity index (χ0n) is 14.4. The fourth-order valence-corrected chi connectivity index (χ4v) is 3.22. The molecular weight excluding hydrogens is 262 g/mol. The molecule has 1 aliphatic heterocycles. The second kappa shape index (κ2) is 13.5. The smallest absolute Gasteiger partial charge is 0.0615 e. The van der Waals surface area contributed by atoms with E-state index in [-0.39, 0.29) is 0 Å². The van der Waals surface area contributed by atoms with Crippen LogP contribution in [0.1, 0.15) is 71.1 Å². The summed E-state index contributed by atoms with van der Waals surface area (Å²) >= 11 is 0. The maximum absolute atomic E-state index is 6.02. The van der Waals surface area contributed by atoms with Crippen molar-refractivity contribution in [3.05, 3.63) is 0 Å². The van der Waals surface area contributed by atoms with E-state index in [2.05, 4.69) is 12.2 Å². The molecule has 1 fully saturated rings. The predicted octanol–water partition coefficient (Wildman–Crippen LogP) is 4.16. The molecule has 2 unspecified atom stereocenters. The molecule has 126 valence electrons. The van der Waals surface area contributed by atoms with Crippen LogP contribution in [0.4, 0.5) is 0 Å². The predicted molar refractivity (Wildman–Crippen MR) is 89.8 cm³/mol. The third-order valence-corrected chi connectivity index (χ3v) is 4.56. The van der Waals surface area contributed by atoms with Gasteiger partial charge in [-0.25, -0.2) is 0 Å². The molecule has 0 radical (unpaired) electrons. The number of methoxy groups -OCH3 is 1. The molecule has 2 atom stereocenters. The maximum atomic E-state index is 6.02. The third kappa shape index (κ3) is 9.49. The van der Waals surface area contributed by atoms with Gasteiger partial charge in [-0.3, -0.25) is 0 Å². The molecule has 1 saturated heterocycles. The number of nitrogens with one attached hydrogen (secondary N) is 1. The Bertz CT molecular complexity index is 223. The van der Waals surface area contributed by atoms with Crippen molar-refractivity contribution in [2.24, 2.45) is 5.92 Å². The first-order chi connectivity index (χ1) is 10.4. The minimum Gasteiger partial charge on any atom is -0.383 e. The standard InChI is InChI=1S/C18H37NO2/c1-3-4-5-6-7-8-9-12-18-17(11-10-14-21-18)16-19-13-15-20-2/h17-19H,3-16H2,1-2H3. The number of ether oxygens (including phenoxy) is 2. The Balaban J connectivity index is 2.06. The summed E-state index contributed by atoms with van der Waals surface area (Å²) in [6, 6.07) is 0. The molecule has 0 aromatic carbocycles. The van der Waals surface area contributed by atoms with Crippen LogP contribution in [0.5, 0.6) is 0 Å². The molecule has 0 amide bonds. The summed E-state index contributed by atoms with van der Waals surface area (Å²) in [4.78, 5) is 0. The van der Waals surface area contributed by atoms with Gasteiger partial charge in [0, 0.05) is 26.8 Å². The van der Waals surface area contributed by atoms with E-state index in [9.17, 15) is 0 Å². The molecule has 1 heterocycles.